The lowest BCUT2D eigenvalue weighted by Gasteiger charge is -2.44. The maximum Gasteiger partial charge on any atom is 0.513 e. The average Bonchev–Trinajstić information content (AvgIpc) is 2.34. The normalized spacial score (nSPS) is 15.7. The highest BCUT2D eigenvalue weighted by molar-refractivity contribution is 8.41. The van der Waals surface area contributed by atoms with E-state index in [0.717, 1.165) is 19.9 Å². The second-order valence-corrected chi connectivity index (χ2v) is 12.2. The molecule has 0 spiro atoms. The Morgan fingerprint density at radius 3 is 1.35 bits per heavy atom. The summed E-state index contributed by atoms with van der Waals surface area (Å²) in [6.07, 6.45) is 0.896. The van der Waals surface area contributed by atoms with E-state index >= 15 is 0 Å². The topological polar surface area (TPSA) is 71.5 Å². The second-order valence-electron chi connectivity index (χ2n) is 4.10. The number of halogens is 6. The van der Waals surface area contributed by atoms with Gasteiger partial charge in [0.15, 0.2) is 0 Å². The van der Waals surface area contributed by atoms with E-state index in [9.17, 15) is 43.2 Å². The first kappa shape index (κ1) is 22.5. The third-order valence-electron chi connectivity index (χ3n) is 2.80. The smallest absolute Gasteiger partial charge is 0.201 e. The number of rotatable bonds is 7. The quantitative estimate of drug-likeness (QED) is 0.477. The molecule has 0 atom stereocenters. The molecule has 0 aliphatic carbocycles. The summed E-state index contributed by atoms with van der Waals surface area (Å²) in [7, 11) is -17.1. The number of hydrogen-bond acceptors (Lipinski definition) is 4. The summed E-state index contributed by atoms with van der Waals surface area (Å²) in [5, 5.41) is 0. The van der Waals surface area contributed by atoms with E-state index in [4.69, 9.17) is 0 Å². The van der Waals surface area contributed by atoms with E-state index in [-0.39, 0.29) is 0 Å². The molecule has 0 N–H and O–H groups in total. The molecule has 0 saturated heterocycles. The van der Waals surface area contributed by atoms with Gasteiger partial charge in [-0.2, -0.15) is 36.6 Å². The van der Waals surface area contributed by atoms with Crippen LogP contribution in [-0.4, -0.2) is 48.2 Å². The van der Waals surface area contributed by atoms with Crippen LogP contribution in [-0.2, 0) is 20.0 Å². The minimum atomic E-state index is -6.77. The Hall–Kier alpha value is -0.470. The van der Waals surface area contributed by atoms with E-state index in [1.807, 2.05) is 0 Å². The van der Waals surface area contributed by atoms with Crippen LogP contribution in [0.15, 0.2) is 12.7 Å². The Morgan fingerprint density at radius 1 is 0.870 bits per heavy atom. The van der Waals surface area contributed by atoms with Gasteiger partial charge in [0, 0.05) is 5.75 Å². The molecule has 23 heavy (non-hydrogen) atoms. The molecule has 0 rings (SSSR count). The van der Waals surface area contributed by atoms with Gasteiger partial charge in [-0.15, -0.1) is 6.58 Å². The second kappa shape index (κ2) is 6.80. The van der Waals surface area contributed by atoms with Gasteiger partial charge in [-0.3, -0.25) is 0 Å². The predicted molar refractivity (Wildman–Crippen MR) is 75.5 cm³/mol. The molecule has 0 unspecified atom stereocenters. The number of alkyl halides is 6. The van der Waals surface area contributed by atoms with E-state index in [0.29, 0.717) is 0 Å². The lowest BCUT2D eigenvalue weighted by atomic mass is 10.8. The fraction of sp³-hybridized carbons (Fsp3) is 0.778. The molecule has 0 aromatic carbocycles. The van der Waals surface area contributed by atoms with Crippen molar-refractivity contribution >= 4 is 30.3 Å². The Bertz CT molecular complexity index is 589. The third-order valence-corrected chi connectivity index (χ3v) is 12.6. The third kappa shape index (κ3) is 3.96. The van der Waals surface area contributed by atoms with Gasteiger partial charge in [0.25, 0.3) is 0 Å². The molecule has 0 aliphatic heterocycles. The van der Waals surface area contributed by atoms with Gasteiger partial charge in [-0.05, 0) is 14.6 Å². The van der Waals surface area contributed by atoms with E-state index in [1.54, 1.807) is 0 Å². The molecule has 14 heteroatoms. The van der Waals surface area contributed by atoms with Crippen molar-refractivity contribution in [1.82, 2.24) is 3.12 Å². The first-order valence-corrected chi connectivity index (χ1v) is 10.8. The van der Waals surface area contributed by atoms with Crippen molar-refractivity contribution in [2.75, 3.05) is 17.3 Å². The van der Waals surface area contributed by atoms with Gasteiger partial charge in [0.2, 0.25) is 0 Å². The van der Waals surface area contributed by atoms with Crippen LogP contribution in [0, 0.1) is 0 Å². The molecule has 0 aromatic rings. The Balaban J connectivity index is 6.90. The SMILES string of the molecule is C=CCS(CC)(CC)N(S(=O)(=O)C(F)(F)F)S(=O)(=O)C(F)(F)F. The standard InChI is InChI=1S/C9H15F6NO4S3/c1-4-7-21(5-2,6-3)16(22(17,18)8(10,11)12)23(19,20)9(13,14)15/h4H,1,5-7H2,2-3H3. The molecule has 0 aromatic heterocycles. The molecule has 0 radical (unpaired) electrons. The highest BCUT2D eigenvalue weighted by Gasteiger charge is 2.65. The van der Waals surface area contributed by atoms with Gasteiger partial charge in [-0.25, -0.2) is 16.8 Å². The highest BCUT2D eigenvalue weighted by atomic mass is 32.4. The van der Waals surface area contributed by atoms with Crippen LogP contribution >= 0.6 is 10.2 Å². The Kier molecular flexibility index (Phi) is 6.66. The van der Waals surface area contributed by atoms with Crippen LogP contribution in [0.3, 0.4) is 0 Å². The highest BCUT2D eigenvalue weighted by Crippen LogP contribution is 2.58. The summed E-state index contributed by atoms with van der Waals surface area (Å²) in [5.41, 5.74) is -12.4. The van der Waals surface area contributed by atoms with Crippen molar-refractivity contribution in [2.45, 2.75) is 24.9 Å². The summed E-state index contributed by atoms with van der Waals surface area (Å²) in [4.78, 5) is 0. The van der Waals surface area contributed by atoms with Gasteiger partial charge < -0.3 is 0 Å². The monoisotopic (exact) mass is 411 g/mol. The minimum Gasteiger partial charge on any atom is -0.201 e. The maximum atomic E-state index is 12.8. The molecule has 0 bridgehead atoms. The zero-order valence-corrected chi connectivity index (χ0v) is 14.4. The molecular weight excluding hydrogens is 396 g/mol. The lowest BCUT2D eigenvalue weighted by Crippen LogP contribution is -2.51. The minimum absolute atomic E-state index is 0.528. The first-order chi connectivity index (χ1) is 10.0. The van der Waals surface area contributed by atoms with Gasteiger partial charge in [0.1, 0.15) is 0 Å². The van der Waals surface area contributed by atoms with Crippen LogP contribution in [0.1, 0.15) is 13.8 Å². The fourth-order valence-corrected chi connectivity index (χ4v) is 10.9. The largest absolute Gasteiger partial charge is 0.513 e. The van der Waals surface area contributed by atoms with Crippen molar-refractivity contribution in [3.63, 3.8) is 0 Å². The summed E-state index contributed by atoms with van der Waals surface area (Å²) in [5.74, 6) is -1.69. The molecule has 140 valence electrons. The van der Waals surface area contributed by atoms with Crippen LogP contribution in [0.2, 0.25) is 0 Å². The molecule has 0 fully saturated rings. The van der Waals surface area contributed by atoms with Gasteiger partial charge >= 0.3 is 31.1 Å². The van der Waals surface area contributed by atoms with Crippen molar-refractivity contribution in [2.24, 2.45) is 0 Å². The summed E-state index contributed by atoms with van der Waals surface area (Å²) in [6.45, 7) is 5.39. The van der Waals surface area contributed by atoms with E-state index in [1.165, 1.54) is 0 Å². The van der Waals surface area contributed by atoms with Gasteiger partial charge in [0.05, 0.1) is 0 Å². The Labute approximate surface area is 131 Å². The molecule has 0 amide bonds. The molecule has 5 nitrogen and oxygen atoms in total. The van der Waals surface area contributed by atoms with Crippen LogP contribution < -0.4 is 0 Å². The Morgan fingerprint density at radius 2 is 1.17 bits per heavy atom. The van der Waals surface area contributed by atoms with E-state index in [2.05, 4.69) is 6.58 Å². The number of hydrogen-bond donors (Lipinski definition) is 0. The van der Waals surface area contributed by atoms with E-state index < -0.39 is 61.7 Å². The van der Waals surface area contributed by atoms with Crippen molar-refractivity contribution in [3.8, 4) is 0 Å². The van der Waals surface area contributed by atoms with Crippen molar-refractivity contribution in [3.05, 3.63) is 12.7 Å². The van der Waals surface area contributed by atoms with Crippen molar-refractivity contribution in [1.29, 1.82) is 0 Å². The fourth-order valence-electron chi connectivity index (χ4n) is 1.65. The van der Waals surface area contributed by atoms with Crippen LogP contribution in [0.25, 0.3) is 0 Å². The lowest BCUT2D eigenvalue weighted by molar-refractivity contribution is -0.0505. The molecule has 0 saturated carbocycles. The summed E-state index contributed by atoms with van der Waals surface area (Å²) in [6, 6.07) is 0. The van der Waals surface area contributed by atoms with Crippen molar-refractivity contribution < 1.29 is 43.2 Å². The molecule has 0 aliphatic rings. The number of sulfonamides is 2. The summed E-state index contributed by atoms with van der Waals surface area (Å²) >= 11 is 0. The first-order valence-electron chi connectivity index (χ1n) is 5.85. The zero-order valence-electron chi connectivity index (χ0n) is 12.0. The predicted octanol–water partition coefficient (Wildman–Crippen LogP) is 2.93. The molecule has 0 heterocycles. The van der Waals surface area contributed by atoms with Crippen LogP contribution in [0.5, 0.6) is 0 Å². The molecular formula is C9H15F6NO4S3. The van der Waals surface area contributed by atoms with Crippen LogP contribution in [0.4, 0.5) is 26.3 Å². The summed E-state index contributed by atoms with van der Waals surface area (Å²) < 4.78 is 122. The zero-order chi connectivity index (χ0) is 18.9. The average molecular weight is 411 g/mol. The van der Waals surface area contributed by atoms with Gasteiger partial charge in [-0.1, -0.05) is 19.9 Å². The number of nitrogens with zero attached hydrogens (tertiary/aromatic N) is 1. The maximum absolute atomic E-state index is 12.8.